The van der Waals surface area contributed by atoms with Crippen molar-refractivity contribution in [3.63, 3.8) is 0 Å². The summed E-state index contributed by atoms with van der Waals surface area (Å²) in [6, 6.07) is 6.26. The Labute approximate surface area is 112 Å². The van der Waals surface area contributed by atoms with Crippen LogP contribution in [-0.4, -0.2) is 22.2 Å². The molecule has 0 aromatic heterocycles. The van der Waals surface area contributed by atoms with Crippen LogP contribution in [-0.2, 0) is 0 Å². The molecule has 1 aliphatic rings. The van der Waals surface area contributed by atoms with Gasteiger partial charge in [-0.15, -0.1) is 0 Å². The highest BCUT2D eigenvalue weighted by molar-refractivity contribution is 5.45. The minimum Gasteiger partial charge on any atom is -0.484 e. The Balaban J connectivity index is 2.01. The first-order valence-corrected chi connectivity index (χ1v) is 6.59. The molecule has 0 atom stereocenters. The van der Waals surface area contributed by atoms with E-state index < -0.39 is 10.5 Å². The van der Waals surface area contributed by atoms with Gasteiger partial charge >= 0.3 is 5.69 Å². The normalized spacial score (nSPS) is 26.9. The number of para-hydroxylation sites is 2. The average Bonchev–Trinajstić information content (AvgIpc) is 2.41. The van der Waals surface area contributed by atoms with Gasteiger partial charge in [-0.2, -0.15) is 0 Å². The van der Waals surface area contributed by atoms with Crippen molar-refractivity contribution in [2.75, 3.05) is 6.61 Å². The smallest absolute Gasteiger partial charge is 0.310 e. The van der Waals surface area contributed by atoms with Crippen LogP contribution in [0.15, 0.2) is 24.3 Å². The first-order chi connectivity index (χ1) is 9.00. The van der Waals surface area contributed by atoms with Crippen LogP contribution in [0.2, 0.25) is 0 Å². The van der Waals surface area contributed by atoms with Gasteiger partial charge < -0.3 is 9.84 Å². The summed E-state index contributed by atoms with van der Waals surface area (Å²) in [5.41, 5.74) is -0.911. The number of aliphatic hydroxyl groups is 1. The van der Waals surface area contributed by atoms with Gasteiger partial charge in [0.05, 0.1) is 10.5 Å². The SMILES string of the molecule is CC1CCC(O)(COc2ccccc2[N+](=O)[O-])CC1. The number of hydrogen-bond donors (Lipinski definition) is 1. The fourth-order valence-corrected chi connectivity index (χ4v) is 2.39. The molecule has 1 aromatic rings. The van der Waals surface area contributed by atoms with E-state index in [1.807, 2.05) is 0 Å². The molecule has 104 valence electrons. The summed E-state index contributed by atoms with van der Waals surface area (Å²) in [4.78, 5) is 10.4. The molecule has 1 N–H and O–H groups in total. The van der Waals surface area contributed by atoms with Gasteiger partial charge in [0.2, 0.25) is 0 Å². The maximum absolute atomic E-state index is 10.9. The molecule has 0 saturated heterocycles. The zero-order valence-corrected chi connectivity index (χ0v) is 11.0. The molecule has 0 aliphatic heterocycles. The quantitative estimate of drug-likeness (QED) is 0.671. The van der Waals surface area contributed by atoms with Crippen LogP contribution in [0.1, 0.15) is 32.6 Å². The van der Waals surface area contributed by atoms with Gasteiger partial charge in [0.1, 0.15) is 6.61 Å². The molecule has 1 saturated carbocycles. The molecular weight excluding hydrogens is 246 g/mol. The van der Waals surface area contributed by atoms with Gasteiger partial charge in [-0.3, -0.25) is 10.1 Å². The van der Waals surface area contributed by atoms with E-state index in [-0.39, 0.29) is 18.0 Å². The largest absolute Gasteiger partial charge is 0.484 e. The molecular formula is C14H19NO4. The average molecular weight is 265 g/mol. The molecule has 0 radical (unpaired) electrons. The second-order valence-electron chi connectivity index (χ2n) is 5.42. The minimum absolute atomic E-state index is 0.0599. The topological polar surface area (TPSA) is 72.6 Å². The molecule has 1 aromatic carbocycles. The molecule has 0 spiro atoms. The van der Waals surface area contributed by atoms with Crippen LogP contribution in [0.5, 0.6) is 5.75 Å². The number of rotatable bonds is 4. The van der Waals surface area contributed by atoms with E-state index in [2.05, 4.69) is 6.92 Å². The number of nitrogens with zero attached hydrogens (tertiary/aromatic N) is 1. The highest BCUT2D eigenvalue weighted by Crippen LogP contribution is 2.33. The van der Waals surface area contributed by atoms with Crippen LogP contribution in [0.3, 0.4) is 0 Å². The third-order valence-electron chi connectivity index (χ3n) is 3.76. The number of ether oxygens (including phenoxy) is 1. The van der Waals surface area contributed by atoms with Gasteiger partial charge in [-0.25, -0.2) is 0 Å². The Morgan fingerprint density at radius 3 is 2.68 bits per heavy atom. The molecule has 0 heterocycles. The van der Waals surface area contributed by atoms with E-state index >= 15 is 0 Å². The maximum Gasteiger partial charge on any atom is 0.310 e. The standard InChI is InChI=1S/C14H19NO4/c1-11-6-8-14(16,9-7-11)10-19-13-5-3-2-4-12(13)15(17)18/h2-5,11,16H,6-10H2,1H3. The van der Waals surface area contributed by atoms with Gasteiger partial charge in [0.15, 0.2) is 5.75 Å². The van der Waals surface area contributed by atoms with Crippen molar-refractivity contribution in [2.24, 2.45) is 5.92 Å². The fourth-order valence-electron chi connectivity index (χ4n) is 2.39. The number of benzene rings is 1. The molecule has 1 aliphatic carbocycles. The van der Waals surface area contributed by atoms with Gasteiger partial charge in [0, 0.05) is 6.07 Å². The lowest BCUT2D eigenvalue weighted by molar-refractivity contribution is -0.386. The summed E-state index contributed by atoms with van der Waals surface area (Å²) in [5, 5.41) is 21.2. The van der Waals surface area contributed by atoms with Crippen LogP contribution in [0, 0.1) is 16.0 Å². The lowest BCUT2D eigenvalue weighted by atomic mass is 9.80. The maximum atomic E-state index is 10.9. The zero-order valence-electron chi connectivity index (χ0n) is 11.0. The van der Waals surface area contributed by atoms with Gasteiger partial charge in [0.25, 0.3) is 0 Å². The molecule has 19 heavy (non-hydrogen) atoms. The van der Waals surface area contributed by atoms with E-state index in [9.17, 15) is 15.2 Å². The number of nitro groups is 1. The van der Waals surface area contributed by atoms with Crippen molar-refractivity contribution in [1.82, 2.24) is 0 Å². The second kappa shape index (κ2) is 5.57. The minimum atomic E-state index is -0.851. The summed E-state index contributed by atoms with van der Waals surface area (Å²) < 4.78 is 5.48. The number of hydrogen-bond acceptors (Lipinski definition) is 4. The molecule has 0 unspecified atom stereocenters. The van der Waals surface area contributed by atoms with Gasteiger partial charge in [-0.1, -0.05) is 19.1 Å². The fraction of sp³-hybridized carbons (Fsp3) is 0.571. The monoisotopic (exact) mass is 265 g/mol. The molecule has 5 heteroatoms. The Kier molecular flexibility index (Phi) is 4.04. The van der Waals surface area contributed by atoms with E-state index in [0.717, 1.165) is 12.8 Å². The molecule has 1 fully saturated rings. The Bertz CT molecular complexity index is 453. The molecule has 2 rings (SSSR count). The van der Waals surface area contributed by atoms with Crippen LogP contribution < -0.4 is 4.74 Å². The predicted octanol–water partition coefficient (Wildman–Crippen LogP) is 2.91. The number of nitro benzene ring substituents is 1. The molecule has 0 amide bonds. The lowest BCUT2D eigenvalue weighted by Gasteiger charge is -2.34. The van der Waals surface area contributed by atoms with E-state index in [0.29, 0.717) is 18.8 Å². The zero-order chi connectivity index (χ0) is 13.9. The lowest BCUT2D eigenvalue weighted by Crippen LogP contribution is -2.39. The van der Waals surface area contributed by atoms with Crippen LogP contribution in [0.25, 0.3) is 0 Å². The van der Waals surface area contributed by atoms with Crippen molar-refractivity contribution in [2.45, 2.75) is 38.2 Å². The molecule has 5 nitrogen and oxygen atoms in total. The van der Waals surface area contributed by atoms with Crippen molar-refractivity contribution in [3.05, 3.63) is 34.4 Å². The Morgan fingerprint density at radius 1 is 1.42 bits per heavy atom. The second-order valence-corrected chi connectivity index (χ2v) is 5.42. The predicted molar refractivity (Wildman–Crippen MR) is 71.2 cm³/mol. The Hall–Kier alpha value is -1.62. The van der Waals surface area contributed by atoms with Crippen molar-refractivity contribution in [1.29, 1.82) is 0 Å². The Morgan fingerprint density at radius 2 is 2.05 bits per heavy atom. The van der Waals surface area contributed by atoms with E-state index in [1.54, 1.807) is 18.2 Å². The summed E-state index contributed by atoms with van der Waals surface area (Å²) in [6.45, 7) is 2.28. The van der Waals surface area contributed by atoms with Crippen LogP contribution in [0.4, 0.5) is 5.69 Å². The third kappa shape index (κ3) is 3.44. The summed E-state index contributed by atoms with van der Waals surface area (Å²) >= 11 is 0. The highest BCUT2D eigenvalue weighted by atomic mass is 16.6. The summed E-state index contributed by atoms with van der Waals surface area (Å²) in [6.07, 6.45) is 3.32. The highest BCUT2D eigenvalue weighted by Gasteiger charge is 2.33. The van der Waals surface area contributed by atoms with Crippen LogP contribution >= 0.6 is 0 Å². The van der Waals surface area contributed by atoms with Crippen molar-refractivity contribution >= 4 is 5.69 Å². The first kappa shape index (κ1) is 13.8. The molecule has 0 bridgehead atoms. The van der Waals surface area contributed by atoms with Crippen molar-refractivity contribution < 1.29 is 14.8 Å². The third-order valence-corrected chi connectivity index (χ3v) is 3.76. The van der Waals surface area contributed by atoms with E-state index in [4.69, 9.17) is 4.74 Å². The van der Waals surface area contributed by atoms with E-state index in [1.165, 1.54) is 6.07 Å². The first-order valence-electron chi connectivity index (χ1n) is 6.59. The summed E-state index contributed by atoms with van der Waals surface area (Å²) in [5.74, 6) is 0.853. The summed E-state index contributed by atoms with van der Waals surface area (Å²) in [7, 11) is 0. The van der Waals surface area contributed by atoms with Gasteiger partial charge in [-0.05, 0) is 37.7 Å². The van der Waals surface area contributed by atoms with Crippen molar-refractivity contribution in [3.8, 4) is 5.75 Å².